The molecule has 0 radical (unpaired) electrons. The zero-order valence-corrected chi connectivity index (χ0v) is 10.6. The molecule has 0 bridgehead atoms. The Hall–Kier alpha value is -1.04. The monoisotopic (exact) mass is 254 g/mol. The zero-order valence-electron chi connectivity index (χ0n) is 9.84. The largest absolute Gasteiger partial charge is 0.380 e. The summed E-state index contributed by atoms with van der Waals surface area (Å²) < 4.78 is 13.1. The summed E-state index contributed by atoms with van der Waals surface area (Å²) in [5.74, 6) is 4.95. The first-order valence-electron chi connectivity index (χ1n) is 5.78. The SMILES string of the molecule is CCCCCC(O)C#Cc1ccc(Cl)c(F)c1. The highest BCUT2D eigenvalue weighted by Crippen LogP contribution is 2.14. The minimum Gasteiger partial charge on any atom is -0.380 e. The Morgan fingerprint density at radius 1 is 1.41 bits per heavy atom. The molecule has 3 heteroatoms. The maximum absolute atomic E-state index is 13.1. The smallest absolute Gasteiger partial charge is 0.143 e. The van der Waals surface area contributed by atoms with Crippen LogP contribution in [0.5, 0.6) is 0 Å². The summed E-state index contributed by atoms with van der Waals surface area (Å²) in [4.78, 5) is 0. The van der Waals surface area contributed by atoms with Crippen LogP contribution in [0.25, 0.3) is 0 Å². The highest BCUT2D eigenvalue weighted by atomic mass is 35.5. The molecule has 92 valence electrons. The van der Waals surface area contributed by atoms with Crippen molar-refractivity contribution in [2.75, 3.05) is 0 Å². The van der Waals surface area contributed by atoms with Gasteiger partial charge >= 0.3 is 0 Å². The van der Waals surface area contributed by atoms with Crippen molar-refractivity contribution >= 4 is 11.6 Å². The molecule has 0 heterocycles. The molecular weight excluding hydrogens is 239 g/mol. The summed E-state index contributed by atoms with van der Waals surface area (Å²) in [5.41, 5.74) is 0.529. The molecule has 0 aliphatic carbocycles. The molecule has 1 nitrogen and oxygen atoms in total. The quantitative estimate of drug-likeness (QED) is 0.641. The Bertz CT molecular complexity index is 420. The van der Waals surface area contributed by atoms with Crippen LogP contribution in [0.1, 0.15) is 38.2 Å². The molecule has 1 aromatic rings. The van der Waals surface area contributed by atoms with Gasteiger partial charge in [-0.2, -0.15) is 0 Å². The highest BCUT2D eigenvalue weighted by molar-refractivity contribution is 6.30. The lowest BCUT2D eigenvalue weighted by Gasteiger charge is -2.01. The van der Waals surface area contributed by atoms with Crippen molar-refractivity contribution in [2.24, 2.45) is 0 Å². The van der Waals surface area contributed by atoms with Crippen molar-refractivity contribution in [1.82, 2.24) is 0 Å². The summed E-state index contributed by atoms with van der Waals surface area (Å²) in [7, 11) is 0. The van der Waals surface area contributed by atoms with Crippen LogP contribution in [-0.4, -0.2) is 11.2 Å². The molecule has 17 heavy (non-hydrogen) atoms. The van der Waals surface area contributed by atoms with Gasteiger partial charge in [-0.3, -0.25) is 0 Å². The van der Waals surface area contributed by atoms with E-state index in [-0.39, 0.29) is 5.02 Å². The standard InChI is InChI=1S/C14H16ClFO/c1-2-3-4-5-12(17)8-6-11-7-9-13(15)14(16)10-11/h7,9-10,12,17H,2-5H2,1H3. The number of unbranched alkanes of at least 4 members (excludes halogenated alkanes) is 2. The Labute approximate surface area is 107 Å². The first-order valence-corrected chi connectivity index (χ1v) is 6.16. The van der Waals surface area contributed by atoms with Crippen molar-refractivity contribution in [3.05, 3.63) is 34.6 Å². The van der Waals surface area contributed by atoms with Gasteiger partial charge in [0.05, 0.1) is 5.02 Å². The van der Waals surface area contributed by atoms with Crippen molar-refractivity contribution in [3.8, 4) is 11.8 Å². The molecule has 0 fully saturated rings. The van der Waals surface area contributed by atoms with Gasteiger partial charge < -0.3 is 5.11 Å². The highest BCUT2D eigenvalue weighted by Gasteiger charge is 2.00. The third-order valence-electron chi connectivity index (χ3n) is 2.38. The Kier molecular flexibility index (Phi) is 6.04. The number of hydrogen-bond acceptors (Lipinski definition) is 1. The zero-order chi connectivity index (χ0) is 12.7. The van der Waals surface area contributed by atoms with Crippen LogP contribution in [0.3, 0.4) is 0 Å². The number of halogens is 2. The summed E-state index contributed by atoms with van der Waals surface area (Å²) in [5, 5.41) is 9.65. The third kappa shape index (κ3) is 5.21. The average Bonchev–Trinajstić information content (AvgIpc) is 2.31. The molecule has 1 atom stereocenters. The molecular formula is C14H16ClFO. The van der Waals surface area contributed by atoms with E-state index in [1.165, 1.54) is 12.1 Å². The topological polar surface area (TPSA) is 20.2 Å². The van der Waals surface area contributed by atoms with Crippen molar-refractivity contribution in [3.63, 3.8) is 0 Å². The molecule has 0 amide bonds. The van der Waals surface area contributed by atoms with E-state index in [4.69, 9.17) is 11.6 Å². The van der Waals surface area contributed by atoms with E-state index in [0.717, 1.165) is 19.3 Å². The fraction of sp³-hybridized carbons (Fsp3) is 0.429. The van der Waals surface area contributed by atoms with Gasteiger partial charge in [-0.05, 0) is 31.0 Å². The van der Waals surface area contributed by atoms with Crippen molar-refractivity contribution in [2.45, 2.75) is 38.7 Å². The summed E-state index contributed by atoms with van der Waals surface area (Å²) in [6.45, 7) is 2.11. The van der Waals surface area contributed by atoms with E-state index >= 15 is 0 Å². The Morgan fingerprint density at radius 3 is 2.82 bits per heavy atom. The van der Waals surface area contributed by atoms with Crippen LogP contribution in [-0.2, 0) is 0 Å². The molecule has 1 rings (SSSR count). The van der Waals surface area contributed by atoms with Crippen LogP contribution in [0.2, 0.25) is 5.02 Å². The van der Waals surface area contributed by atoms with Gasteiger partial charge in [0, 0.05) is 5.56 Å². The third-order valence-corrected chi connectivity index (χ3v) is 2.69. The van der Waals surface area contributed by atoms with Crippen molar-refractivity contribution < 1.29 is 9.50 Å². The second kappa shape index (κ2) is 7.32. The van der Waals surface area contributed by atoms with E-state index in [1.54, 1.807) is 6.07 Å². The second-order valence-electron chi connectivity index (χ2n) is 3.91. The molecule has 0 aliphatic heterocycles. The number of rotatable bonds is 4. The Morgan fingerprint density at radius 2 is 2.18 bits per heavy atom. The molecule has 1 aromatic carbocycles. The van der Waals surface area contributed by atoms with Gasteiger partial charge in [-0.15, -0.1) is 0 Å². The molecule has 0 aliphatic rings. The molecule has 0 saturated carbocycles. The van der Waals surface area contributed by atoms with Crippen LogP contribution in [0, 0.1) is 17.7 Å². The van der Waals surface area contributed by atoms with E-state index < -0.39 is 11.9 Å². The molecule has 0 aromatic heterocycles. The summed E-state index contributed by atoms with van der Waals surface area (Å²) in [6.07, 6.45) is 3.19. The fourth-order valence-corrected chi connectivity index (χ4v) is 1.52. The maximum atomic E-state index is 13.1. The van der Waals surface area contributed by atoms with Gasteiger partial charge in [0.25, 0.3) is 0 Å². The summed E-state index contributed by atoms with van der Waals surface area (Å²) in [6, 6.07) is 4.37. The van der Waals surface area contributed by atoms with Crippen LogP contribution in [0.15, 0.2) is 18.2 Å². The maximum Gasteiger partial charge on any atom is 0.143 e. The first kappa shape index (κ1) is 14.0. The van der Waals surface area contributed by atoms with Crippen LogP contribution in [0.4, 0.5) is 4.39 Å². The van der Waals surface area contributed by atoms with Crippen LogP contribution < -0.4 is 0 Å². The molecule has 1 unspecified atom stereocenters. The van der Waals surface area contributed by atoms with Gasteiger partial charge in [0.15, 0.2) is 0 Å². The van der Waals surface area contributed by atoms with Gasteiger partial charge in [-0.25, -0.2) is 4.39 Å². The predicted molar refractivity (Wildman–Crippen MR) is 68.4 cm³/mol. The number of aliphatic hydroxyl groups excluding tert-OH is 1. The van der Waals surface area contributed by atoms with Crippen LogP contribution >= 0.6 is 11.6 Å². The minimum atomic E-state index is -0.639. The van der Waals surface area contributed by atoms with E-state index in [2.05, 4.69) is 18.8 Å². The second-order valence-corrected chi connectivity index (χ2v) is 4.32. The number of aliphatic hydroxyl groups is 1. The van der Waals surface area contributed by atoms with E-state index in [1.807, 2.05) is 0 Å². The average molecular weight is 255 g/mol. The van der Waals surface area contributed by atoms with Gasteiger partial charge in [-0.1, -0.05) is 43.2 Å². The number of benzene rings is 1. The minimum absolute atomic E-state index is 0.0824. The van der Waals surface area contributed by atoms with Gasteiger partial charge in [0.2, 0.25) is 0 Å². The molecule has 0 saturated heterocycles. The van der Waals surface area contributed by atoms with E-state index in [0.29, 0.717) is 12.0 Å². The molecule has 0 spiro atoms. The number of hydrogen-bond donors (Lipinski definition) is 1. The normalized spacial score (nSPS) is 11.8. The lowest BCUT2D eigenvalue weighted by molar-refractivity contribution is 0.217. The van der Waals surface area contributed by atoms with Gasteiger partial charge in [0.1, 0.15) is 11.9 Å². The summed E-state index contributed by atoms with van der Waals surface area (Å²) >= 11 is 5.56. The van der Waals surface area contributed by atoms with Crippen molar-refractivity contribution in [1.29, 1.82) is 0 Å². The molecule has 1 N–H and O–H groups in total. The predicted octanol–water partition coefficient (Wildman–Crippen LogP) is 3.77. The van der Waals surface area contributed by atoms with E-state index in [9.17, 15) is 9.50 Å². The lowest BCUT2D eigenvalue weighted by Crippen LogP contribution is -2.02. The Balaban J connectivity index is 2.55. The first-order chi connectivity index (χ1) is 8.13. The lowest BCUT2D eigenvalue weighted by atomic mass is 10.1. The fourth-order valence-electron chi connectivity index (χ4n) is 1.40.